The highest BCUT2D eigenvalue weighted by atomic mass is 32.1. The summed E-state index contributed by atoms with van der Waals surface area (Å²) in [5.41, 5.74) is 7.83. The summed E-state index contributed by atoms with van der Waals surface area (Å²) in [6.45, 7) is 1.83. The molecule has 2 amide bonds. The van der Waals surface area contributed by atoms with Crippen molar-refractivity contribution in [3.8, 4) is 17.0 Å². The average Bonchev–Trinajstić information content (AvgIpc) is 3.18. The van der Waals surface area contributed by atoms with Gasteiger partial charge in [-0.2, -0.15) is 0 Å². The number of nitrogens with one attached hydrogen (secondary N) is 2. The summed E-state index contributed by atoms with van der Waals surface area (Å²) < 4.78 is 0. The number of nitrogens with zero attached hydrogens (tertiary/aromatic N) is 1. The topological polar surface area (TPSA) is 121 Å². The number of aryl methyl sites for hydroxylation is 1. The molecule has 24 heavy (non-hydrogen) atoms. The maximum Gasteiger partial charge on any atom is 0.265 e. The molecule has 0 bridgehead atoms. The SMILES string of the molecule is Cc1ccc(O)c(C(=O)Nc2nc(-c3c[nH]c(C(N)=O)c3)cs2)c1. The molecule has 3 aromatic rings. The molecule has 1 aromatic carbocycles. The summed E-state index contributed by atoms with van der Waals surface area (Å²) in [5, 5.41) is 14.6. The van der Waals surface area contributed by atoms with E-state index in [1.165, 1.54) is 17.4 Å². The summed E-state index contributed by atoms with van der Waals surface area (Å²) in [6, 6.07) is 6.39. The van der Waals surface area contributed by atoms with Crippen LogP contribution in [-0.4, -0.2) is 26.9 Å². The minimum Gasteiger partial charge on any atom is -0.507 e. The van der Waals surface area contributed by atoms with Gasteiger partial charge in [0.05, 0.1) is 11.3 Å². The standard InChI is InChI=1S/C16H14N4O3S/c1-8-2-3-13(21)10(4-8)15(23)20-16-19-12(7-24-16)9-5-11(14(17)22)18-6-9/h2-7,18,21H,1H3,(H2,17,22)(H,19,20,23). The molecule has 2 aromatic heterocycles. The number of hydrogen-bond donors (Lipinski definition) is 4. The van der Waals surface area contributed by atoms with Gasteiger partial charge < -0.3 is 15.8 Å². The van der Waals surface area contributed by atoms with E-state index in [-0.39, 0.29) is 17.0 Å². The molecule has 0 fully saturated rings. The van der Waals surface area contributed by atoms with Crippen LogP contribution in [0.5, 0.6) is 5.75 Å². The number of hydrogen-bond acceptors (Lipinski definition) is 5. The lowest BCUT2D eigenvalue weighted by atomic mass is 10.1. The second-order valence-electron chi connectivity index (χ2n) is 5.18. The van der Waals surface area contributed by atoms with Crippen LogP contribution in [0, 0.1) is 6.92 Å². The number of thiazole rings is 1. The van der Waals surface area contributed by atoms with E-state index in [1.54, 1.807) is 29.8 Å². The van der Waals surface area contributed by atoms with Gasteiger partial charge in [-0.15, -0.1) is 11.3 Å². The predicted octanol–water partition coefficient (Wildman–Crippen LogP) is 2.50. The van der Waals surface area contributed by atoms with Gasteiger partial charge in [-0.3, -0.25) is 14.9 Å². The Morgan fingerprint density at radius 1 is 1.33 bits per heavy atom. The number of phenolic OH excluding ortho intramolecular Hbond substituents is 1. The Kier molecular flexibility index (Phi) is 4.05. The zero-order valence-corrected chi connectivity index (χ0v) is 13.5. The number of aromatic hydroxyl groups is 1. The number of amides is 2. The molecular formula is C16H14N4O3S. The Labute approximate surface area is 141 Å². The summed E-state index contributed by atoms with van der Waals surface area (Å²) in [6.07, 6.45) is 1.62. The third-order valence-corrected chi connectivity index (χ3v) is 4.12. The molecule has 0 saturated heterocycles. The first-order valence-electron chi connectivity index (χ1n) is 6.99. The second kappa shape index (κ2) is 6.17. The van der Waals surface area contributed by atoms with Gasteiger partial charge in [0.2, 0.25) is 0 Å². The molecule has 0 aliphatic rings. The van der Waals surface area contributed by atoms with E-state index in [9.17, 15) is 14.7 Å². The number of phenols is 1. The Morgan fingerprint density at radius 3 is 2.83 bits per heavy atom. The third-order valence-electron chi connectivity index (χ3n) is 3.37. The largest absolute Gasteiger partial charge is 0.507 e. The van der Waals surface area contributed by atoms with Crippen molar-refractivity contribution in [1.29, 1.82) is 0 Å². The fourth-order valence-corrected chi connectivity index (χ4v) is 2.86. The minimum atomic E-state index is -0.556. The zero-order chi connectivity index (χ0) is 17.3. The molecule has 0 saturated carbocycles. The Balaban J connectivity index is 1.79. The van der Waals surface area contributed by atoms with E-state index in [4.69, 9.17) is 5.73 Å². The van der Waals surface area contributed by atoms with E-state index in [0.717, 1.165) is 5.56 Å². The lowest BCUT2D eigenvalue weighted by molar-refractivity contribution is 0.0993. The van der Waals surface area contributed by atoms with E-state index >= 15 is 0 Å². The van der Waals surface area contributed by atoms with E-state index in [2.05, 4.69) is 15.3 Å². The van der Waals surface area contributed by atoms with Gasteiger partial charge in [0, 0.05) is 17.1 Å². The van der Waals surface area contributed by atoms with Gasteiger partial charge in [-0.05, 0) is 25.1 Å². The smallest absolute Gasteiger partial charge is 0.265 e. The van der Waals surface area contributed by atoms with Crippen molar-refractivity contribution >= 4 is 28.3 Å². The van der Waals surface area contributed by atoms with Crippen molar-refractivity contribution in [2.75, 3.05) is 5.32 Å². The third kappa shape index (κ3) is 3.13. The van der Waals surface area contributed by atoms with Crippen LogP contribution in [0.1, 0.15) is 26.4 Å². The van der Waals surface area contributed by atoms with Crippen molar-refractivity contribution < 1.29 is 14.7 Å². The highest BCUT2D eigenvalue weighted by molar-refractivity contribution is 7.14. The molecule has 0 aliphatic heterocycles. The molecule has 8 heteroatoms. The molecule has 3 rings (SSSR count). The highest BCUT2D eigenvalue weighted by Crippen LogP contribution is 2.26. The van der Waals surface area contributed by atoms with Gasteiger partial charge in [0.1, 0.15) is 11.4 Å². The Hall–Kier alpha value is -3.13. The number of rotatable bonds is 4. The van der Waals surface area contributed by atoms with Gasteiger partial charge in [0.15, 0.2) is 5.13 Å². The lowest BCUT2D eigenvalue weighted by Gasteiger charge is -2.05. The first kappa shape index (κ1) is 15.8. The highest BCUT2D eigenvalue weighted by Gasteiger charge is 2.14. The number of carbonyl (C=O) groups excluding carboxylic acids is 2. The minimum absolute atomic E-state index is 0.0911. The molecule has 0 aliphatic carbocycles. The summed E-state index contributed by atoms with van der Waals surface area (Å²) >= 11 is 1.24. The number of aromatic nitrogens is 2. The molecule has 7 nitrogen and oxygen atoms in total. The van der Waals surface area contributed by atoms with Crippen molar-refractivity contribution in [2.45, 2.75) is 6.92 Å². The first-order valence-corrected chi connectivity index (χ1v) is 7.87. The van der Waals surface area contributed by atoms with Crippen molar-refractivity contribution in [3.63, 3.8) is 0 Å². The van der Waals surface area contributed by atoms with Crippen molar-refractivity contribution in [3.05, 3.63) is 52.7 Å². The number of aromatic amines is 1. The molecule has 0 atom stereocenters. The summed E-state index contributed by atoms with van der Waals surface area (Å²) in [4.78, 5) is 30.4. The number of carbonyl (C=O) groups is 2. The summed E-state index contributed by atoms with van der Waals surface area (Å²) in [5.74, 6) is -1.09. The fourth-order valence-electron chi connectivity index (χ4n) is 2.14. The maximum absolute atomic E-state index is 12.3. The molecular weight excluding hydrogens is 328 g/mol. The van der Waals surface area contributed by atoms with E-state index < -0.39 is 11.8 Å². The maximum atomic E-state index is 12.3. The molecule has 122 valence electrons. The number of benzene rings is 1. The number of nitrogens with two attached hydrogens (primary N) is 1. The van der Waals surface area contributed by atoms with Crippen LogP contribution in [0.3, 0.4) is 0 Å². The van der Waals surface area contributed by atoms with Crippen molar-refractivity contribution in [2.24, 2.45) is 5.73 Å². The Bertz CT molecular complexity index is 929. The van der Waals surface area contributed by atoms with Crippen LogP contribution in [-0.2, 0) is 0 Å². The normalized spacial score (nSPS) is 10.5. The number of anilines is 1. The van der Waals surface area contributed by atoms with Crippen LogP contribution in [0.25, 0.3) is 11.3 Å². The number of primary amides is 1. The lowest BCUT2D eigenvalue weighted by Crippen LogP contribution is -2.12. The predicted molar refractivity (Wildman–Crippen MR) is 91.2 cm³/mol. The van der Waals surface area contributed by atoms with Crippen LogP contribution < -0.4 is 11.1 Å². The molecule has 0 spiro atoms. The molecule has 0 unspecified atom stereocenters. The van der Waals surface area contributed by atoms with Crippen LogP contribution >= 0.6 is 11.3 Å². The van der Waals surface area contributed by atoms with Crippen LogP contribution in [0.2, 0.25) is 0 Å². The number of H-pyrrole nitrogens is 1. The average molecular weight is 342 g/mol. The van der Waals surface area contributed by atoms with E-state index in [0.29, 0.717) is 16.4 Å². The quantitative estimate of drug-likeness (QED) is 0.582. The van der Waals surface area contributed by atoms with Crippen molar-refractivity contribution in [1.82, 2.24) is 9.97 Å². The van der Waals surface area contributed by atoms with E-state index in [1.807, 2.05) is 6.92 Å². The Morgan fingerprint density at radius 2 is 2.12 bits per heavy atom. The molecule has 2 heterocycles. The van der Waals surface area contributed by atoms with Gasteiger partial charge in [-0.25, -0.2) is 4.98 Å². The van der Waals surface area contributed by atoms with Crippen LogP contribution in [0.4, 0.5) is 5.13 Å². The fraction of sp³-hybridized carbons (Fsp3) is 0.0625. The van der Waals surface area contributed by atoms with Gasteiger partial charge in [-0.1, -0.05) is 11.6 Å². The van der Waals surface area contributed by atoms with Gasteiger partial charge in [0.25, 0.3) is 11.8 Å². The second-order valence-corrected chi connectivity index (χ2v) is 6.04. The zero-order valence-electron chi connectivity index (χ0n) is 12.7. The molecule has 5 N–H and O–H groups in total. The molecule has 0 radical (unpaired) electrons. The van der Waals surface area contributed by atoms with Crippen LogP contribution in [0.15, 0.2) is 35.8 Å². The first-order chi connectivity index (χ1) is 11.4. The monoisotopic (exact) mass is 342 g/mol. The summed E-state index contributed by atoms with van der Waals surface area (Å²) in [7, 11) is 0. The van der Waals surface area contributed by atoms with Gasteiger partial charge >= 0.3 is 0 Å².